The van der Waals surface area contributed by atoms with Crippen LogP contribution in [0.15, 0.2) is 12.3 Å². The number of methoxy groups -OCH3 is 1. The largest absolute Gasteiger partial charge is 0.465 e. The average molecular weight is 253 g/mol. The van der Waals surface area contributed by atoms with Crippen molar-refractivity contribution in [2.45, 2.75) is 19.9 Å². The number of aromatic nitrogens is 1. The molecular weight excluding hydrogens is 234 g/mol. The zero-order chi connectivity index (χ0) is 13.5. The van der Waals surface area contributed by atoms with Gasteiger partial charge in [0.05, 0.1) is 31.2 Å². The van der Waals surface area contributed by atoms with Gasteiger partial charge in [-0.25, -0.2) is 9.78 Å². The summed E-state index contributed by atoms with van der Waals surface area (Å²) in [6.07, 6.45) is 1.52. The van der Waals surface area contributed by atoms with Crippen molar-refractivity contribution < 1.29 is 14.3 Å². The van der Waals surface area contributed by atoms with Gasteiger partial charge in [0.25, 0.3) is 0 Å². The Bertz CT molecular complexity index is 410. The lowest BCUT2D eigenvalue weighted by atomic mass is 10.2. The van der Waals surface area contributed by atoms with Crippen LogP contribution < -0.4 is 11.1 Å². The van der Waals surface area contributed by atoms with Crippen molar-refractivity contribution in [1.82, 2.24) is 4.98 Å². The molecule has 1 unspecified atom stereocenters. The van der Waals surface area contributed by atoms with Gasteiger partial charge in [0, 0.05) is 12.6 Å². The van der Waals surface area contributed by atoms with Crippen LogP contribution >= 0.6 is 0 Å². The Morgan fingerprint density at radius 1 is 1.61 bits per heavy atom. The van der Waals surface area contributed by atoms with Crippen molar-refractivity contribution >= 4 is 17.5 Å². The predicted octanol–water partition coefficient (Wildman–Crippen LogP) is 1.29. The SMILES string of the molecule is CCOCC(C)Nc1cnc(N)cc1C(=O)OC. The molecule has 0 aliphatic carbocycles. The molecule has 0 saturated carbocycles. The van der Waals surface area contributed by atoms with E-state index in [0.29, 0.717) is 24.5 Å². The van der Waals surface area contributed by atoms with Crippen LogP contribution in [0.4, 0.5) is 11.5 Å². The highest BCUT2D eigenvalue weighted by molar-refractivity contribution is 5.96. The van der Waals surface area contributed by atoms with Gasteiger partial charge in [-0.15, -0.1) is 0 Å². The van der Waals surface area contributed by atoms with Gasteiger partial charge in [0.15, 0.2) is 0 Å². The monoisotopic (exact) mass is 253 g/mol. The maximum Gasteiger partial charge on any atom is 0.340 e. The van der Waals surface area contributed by atoms with Crippen LogP contribution in [0.3, 0.4) is 0 Å². The molecule has 1 atom stereocenters. The fourth-order valence-corrected chi connectivity index (χ4v) is 1.47. The van der Waals surface area contributed by atoms with Crippen LogP contribution in [0.25, 0.3) is 0 Å². The lowest BCUT2D eigenvalue weighted by Gasteiger charge is -2.17. The van der Waals surface area contributed by atoms with E-state index < -0.39 is 5.97 Å². The molecule has 0 aliphatic rings. The number of hydrogen-bond donors (Lipinski definition) is 2. The van der Waals surface area contributed by atoms with Gasteiger partial charge >= 0.3 is 5.97 Å². The predicted molar refractivity (Wildman–Crippen MR) is 69.6 cm³/mol. The summed E-state index contributed by atoms with van der Waals surface area (Å²) < 4.78 is 10.00. The van der Waals surface area contributed by atoms with Gasteiger partial charge in [-0.05, 0) is 19.9 Å². The Hall–Kier alpha value is -1.82. The quantitative estimate of drug-likeness (QED) is 0.743. The average Bonchev–Trinajstić information content (AvgIpc) is 2.37. The number of carbonyl (C=O) groups is 1. The number of pyridine rings is 1. The maximum atomic E-state index is 11.6. The van der Waals surface area contributed by atoms with Crippen LogP contribution in [0.5, 0.6) is 0 Å². The zero-order valence-corrected chi connectivity index (χ0v) is 10.9. The van der Waals surface area contributed by atoms with Crippen LogP contribution in [0.1, 0.15) is 24.2 Å². The van der Waals surface area contributed by atoms with E-state index in [-0.39, 0.29) is 11.9 Å². The number of nitrogens with two attached hydrogens (primary N) is 1. The molecule has 100 valence electrons. The van der Waals surface area contributed by atoms with E-state index >= 15 is 0 Å². The number of nitrogens with one attached hydrogen (secondary N) is 1. The number of ether oxygens (including phenoxy) is 2. The molecule has 1 aromatic rings. The van der Waals surface area contributed by atoms with Crippen molar-refractivity contribution in [3.05, 3.63) is 17.8 Å². The minimum absolute atomic E-state index is 0.0544. The van der Waals surface area contributed by atoms with Crippen LogP contribution in [0, 0.1) is 0 Å². The molecule has 3 N–H and O–H groups in total. The molecule has 18 heavy (non-hydrogen) atoms. The van der Waals surface area contributed by atoms with Crippen LogP contribution in [-0.2, 0) is 9.47 Å². The van der Waals surface area contributed by atoms with Crippen molar-refractivity contribution in [2.24, 2.45) is 0 Å². The summed E-state index contributed by atoms with van der Waals surface area (Å²) in [7, 11) is 1.33. The first-order valence-electron chi connectivity index (χ1n) is 5.76. The summed E-state index contributed by atoms with van der Waals surface area (Å²) in [6.45, 7) is 5.07. The summed E-state index contributed by atoms with van der Waals surface area (Å²) in [4.78, 5) is 15.6. The summed E-state index contributed by atoms with van der Waals surface area (Å²) in [6, 6.07) is 1.54. The summed E-state index contributed by atoms with van der Waals surface area (Å²) >= 11 is 0. The third kappa shape index (κ3) is 3.89. The van der Waals surface area contributed by atoms with E-state index in [9.17, 15) is 4.79 Å². The first-order valence-corrected chi connectivity index (χ1v) is 5.76. The van der Waals surface area contributed by atoms with E-state index in [0.717, 1.165) is 0 Å². The normalized spacial score (nSPS) is 11.9. The highest BCUT2D eigenvalue weighted by Gasteiger charge is 2.14. The van der Waals surface area contributed by atoms with E-state index in [1.165, 1.54) is 19.4 Å². The molecule has 6 heteroatoms. The van der Waals surface area contributed by atoms with Crippen molar-refractivity contribution in [3.63, 3.8) is 0 Å². The first-order chi connectivity index (χ1) is 8.58. The summed E-state index contributed by atoms with van der Waals surface area (Å²) in [5.74, 6) is -0.173. The Morgan fingerprint density at radius 2 is 2.33 bits per heavy atom. The maximum absolute atomic E-state index is 11.6. The molecule has 1 rings (SSSR count). The summed E-state index contributed by atoms with van der Waals surface area (Å²) in [5.41, 5.74) is 6.51. The molecule has 0 saturated heterocycles. The lowest BCUT2D eigenvalue weighted by molar-refractivity contribution is 0.0601. The topological polar surface area (TPSA) is 86.5 Å². The van der Waals surface area contributed by atoms with Gasteiger partial charge in [-0.3, -0.25) is 0 Å². The second-order valence-corrected chi connectivity index (χ2v) is 3.85. The highest BCUT2D eigenvalue weighted by atomic mass is 16.5. The Balaban J connectivity index is 2.84. The first kappa shape index (κ1) is 14.2. The molecule has 6 nitrogen and oxygen atoms in total. The van der Waals surface area contributed by atoms with E-state index in [2.05, 4.69) is 10.3 Å². The second-order valence-electron chi connectivity index (χ2n) is 3.85. The highest BCUT2D eigenvalue weighted by Crippen LogP contribution is 2.18. The van der Waals surface area contributed by atoms with Gasteiger partial charge in [-0.1, -0.05) is 0 Å². The van der Waals surface area contributed by atoms with Gasteiger partial charge in [0.1, 0.15) is 5.82 Å². The molecule has 0 aromatic carbocycles. The van der Waals surface area contributed by atoms with Gasteiger partial charge in [-0.2, -0.15) is 0 Å². The molecule has 0 bridgehead atoms. The Morgan fingerprint density at radius 3 is 2.94 bits per heavy atom. The third-order valence-electron chi connectivity index (χ3n) is 2.30. The molecule has 1 heterocycles. The number of hydrogen-bond acceptors (Lipinski definition) is 6. The molecular formula is C12H19N3O3. The van der Waals surface area contributed by atoms with E-state index in [1.807, 2.05) is 13.8 Å². The molecule has 0 fully saturated rings. The van der Waals surface area contributed by atoms with Crippen LogP contribution in [-0.4, -0.2) is 37.3 Å². The zero-order valence-electron chi connectivity index (χ0n) is 10.9. The molecule has 0 aliphatic heterocycles. The number of carbonyl (C=O) groups excluding carboxylic acids is 1. The number of rotatable bonds is 6. The van der Waals surface area contributed by atoms with Crippen molar-refractivity contribution in [2.75, 3.05) is 31.4 Å². The minimum Gasteiger partial charge on any atom is -0.465 e. The van der Waals surface area contributed by atoms with Crippen molar-refractivity contribution in [3.8, 4) is 0 Å². The third-order valence-corrected chi connectivity index (χ3v) is 2.30. The minimum atomic E-state index is -0.449. The number of nitrogens with zero attached hydrogens (tertiary/aromatic N) is 1. The van der Waals surface area contributed by atoms with E-state index in [1.54, 1.807) is 0 Å². The number of anilines is 2. The lowest BCUT2D eigenvalue weighted by Crippen LogP contribution is -2.23. The molecule has 0 radical (unpaired) electrons. The second kappa shape index (κ2) is 6.80. The number of esters is 1. The van der Waals surface area contributed by atoms with Crippen LogP contribution in [0.2, 0.25) is 0 Å². The molecule has 0 amide bonds. The summed E-state index contributed by atoms with van der Waals surface area (Å²) in [5, 5.41) is 3.14. The van der Waals surface area contributed by atoms with Gasteiger partial charge < -0.3 is 20.5 Å². The smallest absolute Gasteiger partial charge is 0.340 e. The fraction of sp³-hybridized carbons (Fsp3) is 0.500. The fourth-order valence-electron chi connectivity index (χ4n) is 1.47. The Labute approximate surface area is 106 Å². The number of nitrogen functional groups attached to an aromatic ring is 1. The Kier molecular flexibility index (Phi) is 5.38. The van der Waals surface area contributed by atoms with Gasteiger partial charge in [0.2, 0.25) is 0 Å². The molecule has 0 spiro atoms. The van der Waals surface area contributed by atoms with E-state index in [4.69, 9.17) is 15.2 Å². The molecule has 1 aromatic heterocycles. The standard InChI is InChI=1S/C12H19N3O3/c1-4-18-7-8(2)15-10-6-14-11(13)5-9(10)12(16)17-3/h5-6,8,15H,4,7H2,1-3H3,(H2,13,14). The van der Waals surface area contributed by atoms with Crippen molar-refractivity contribution in [1.29, 1.82) is 0 Å².